The van der Waals surface area contributed by atoms with Gasteiger partial charge in [-0.15, -0.1) is 0 Å². The highest BCUT2D eigenvalue weighted by atomic mass is 127. The first kappa shape index (κ1) is 12.8. The van der Waals surface area contributed by atoms with Gasteiger partial charge in [-0.2, -0.15) is 5.10 Å². The fourth-order valence-electron chi connectivity index (χ4n) is 1.62. The average molecular weight is 346 g/mol. The molecule has 0 aliphatic rings. The van der Waals surface area contributed by atoms with E-state index in [-0.39, 0.29) is 0 Å². The van der Waals surface area contributed by atoms with Crippen molar-refractivity contribution >= 4 is 33.5 Å². The lowest BCUT2D eigenvalue weighted by atomic mass is 10.3. The fraction of sp³-hybridized carbons (Fsp3) is 0.417. The summed E-state index contributed by atoms with van der Waals surface area (Å²) in [5.74, 6) is 0. The average Bonchev–Trinajstić information content (AvgIpc) is 2.72. The molecule has 1 aromatic carbocycles. The van der Waals surface area contributed by atoms with Crippen LogP contribution in [-0.2, 0) is 16.0 Å². The van der Waals surface area contributed by atoms with Gasteiger partial charge in [0.15, 0.2) is 0 Å². The Hall–Kier alpha value is -0.660. The second-order valence-corrected chi connectivity index (χ2v) is 4.92. The molecule has 0 amide bonds. The highest BCUT2D eigenvalue weighted by Crippen LogP contribution is 2.16. The van der Waals surface area contributed by atoms with Gasteiger partial charge in [0.1, 0.15) is 0 Å². The molecule has 1 aromatic heterocycles. The van der Waals surface area contributed by atoms with E-state index in [1.54, 1.807) is 7.11 Å². The van der Waals surface area contributed by atoms with Crippen LogP contribution in [0.1, 0.15) is 0 Å². The standard InChI is InChI=1S/C12H15IN2O2/c1-16-6-7-17-5-4-15-12-8-11(13)3-2-10(12)9-14-15/h2-3,8-9H,4-7H2,1H3. The van der Waals surface area contributed by atoms with E-state index < -0.39 is 0 Å². The summed E-state index contributed by atoms with van der Waals surface area (Å²) in [5, 5.41) is 5.53. The molecule has 0 unspecified atom stereocenters. The molecule has 0 saturated heterocycles. The molecule has 0 atom stereocenters. The van der Waals surface area contributed by atoms with Crippen molar-refractivity contribution in [2.24, 2.45) is 0 Å². The maximum Gasteiger partial charge on any atom is 0.0701 e. The zero-order chi connectivity index (χ0) is 12.1. The molecular formula is C12H15IN2O2. The quantitative estimate of drug-likeness (QED) is 0.595. The van der Waals surface area contributed by atoms with Gasteiger partial charge in [0.05, 0.1) is 38.1 Å². The third-order valence-electron chi connectivity index (χ3n) is 2.49. The predicted molar refractivity (Wildman–Crippen MR) is 75.1 cm³/mol. The smallest absolute Gasteiger partial charge is 0.0701 e. The maximum atomic E-state index is 5.44. The molecule has 0 fully saturated rings. The van der Waals surface area contributed by atoms with Gasteiger partial charge in [0.25, 0.3) is 0 Å². The van der Waals surface area contributed by atoms with Crippen molar-refractivity contribution in [1.29, 1.82) is 0 Å². The van der Waals surface area contributed by atoms with Gasteiger partial charge in [0, 0.05) is 16.1 Å². The van der Waals surface area contributed by atoms with Gasteiger partial charge in [0.2, 0.25) is 0 Å². The predicted octanol–water partition coefficient (Wildman–Crippen LogP) is 2.30. The summed E-state index contributed by atoms with van der Waals surface area (Å²) in [5.41, 5.74) is 1.16. The van der Waals surface area contributed by atoms with E-state index in [1.807, 2.05) is 10.9 Å². The van der Waals surface area contributed by atoms with Crippen molar-refractivity contribution in [1.82, 2.24) is 9.78 Å². The normalized spacial score (nSPS) is 11.2. The Kier molecular flexibility index (Phi) is 4.75. The molecule has 4 nitrogen and oxygen atoms in total. The molecular weight excluding hydrogens is 331 g/mol. The molecule has 92 valence electrons. The molecule has 2 rings (SSSR count). The van der Waals surface area contributed by atoms with E-state index in [0.717, 1.165) is 12.1 Å². The summed E-state index contributed by atoms with van der Waals surface area (Å²) in [6, 6.07) is 6.31. The van der Waals surface area contributed by atoms with Gasteiger partial charge in [-0.05, 0) is 34.7 Å². The van der Waals surface area contributed by atoms with Crippen molar-refractivity contribution in [3.05, 3.63) is 28.0 Å². The first-order valence-electron chi connectivity index (χ1n) is 5.49. The molecule has 1 heterocycles. The summed E-state index contributed by atoms with van der Waals surface area (Å²) in [7, 11) is 1.67. The van der Waals surface area contributed by atoms with Crippen LogP contribution in [0.3, 0.4) is 0 Å². The number of fused-ring (bicyclic) bond motifs is 1. The van der Waals surface area contributed by atoms with Gasteiger partial charge in [-0.25, -0.2) is 0 Å². The largest absolute Gasteiger partial charge is 0.382 e. The molecule has 0 saturated carbocycles. The van der Waals surface area contributed by atoms with Gasteiger partial charge in [-0.1, -0.05) is 6.07 Å². The summed E-state index contributed by atoms with van der Waals surface area (Å²) in [6.45, 7) is 2.70. The van der Waals surface area contributed by atoms with Crippen LogP contribution in [-0.4, -0.2) is 36.7 Å². The molecule has 2 aromatic rings. The van der Waals surface area contributed by atoms with E-state index in [9.17, 15) is 0 Å². The van der Waals surface area contributed by atoms with Crippen molar-refractivity contribution in [3.63, 3.8) is 0 Å². The van der Waals surface area contributed by atoms with Crippen LogP contribution in [0.15, 0.2) is 24.4 Å². The molecule has 0 aliphatic heterocycles. The maximum absolute atomic E-state index is 5.44. The van der Waals surface area contributed by atoms with Crippen LogP contribution in [0.25, 0.3) is 10.9 Å². The van der Waals surface area contributed by atoms with Crippen LogP contribution in [0, 0.1) is 3.57 Å². The second kappa shape index (κ2) is 6.32. The number of benzene rings is 1. The number of methoxy groups -OCH3 is 1. The SMILES string of the molecule is COCCOCCn1ncc2ccc(I)cc21. The van der Waals surface area contributed by atoms with E-state index in [2.05, 4.69) is 45.9 Å². The number of ether oxygens (including phenoxy) is 2. The number of hydrogen-bond acceptors (Lipinski definition) is 3. The third kappa shape index (κ3) is 3.40. The van der Waals surface area contributed by atoms with E-state index in [1.165, 1.54) is 8.96 Å². The highest BCUT2D eigenvalue weighted by molar-refractivity contribution is 14.1. The monoisotopic (exact) mass is 346 g/mol. The molecule has 17 heavy (non-hydrogen) atoms. The van der Waals surface area contributed by atoms with Crippen LogP contribution >= 0.6 is 22.6 Å². The third-order valence-corrected chi connectivity index (χ3v) is 3.16. The lowest BCUT2D eigenvalue weighted by Gasteiger charge is -2.05. The lowest BCUT2D eigenvalue weighted by Crippen LogP contribution is -2.10. The zero-order valence-corrected chi connectivity index (χ0v) is 11.9. The van der Waals surface area contributed by atoms with Crippen LogP contribution in [0.5, 0.6) is 0 Å². The Morgan fingerprint density at radius 1 is 1.29 bits per heavy atom. The van der Waals surface area contributed by atoms with Crippen LogP contribution < -0.4 is 0 Å². The number of nitrogens with zero attached hydrogens (tertiary/aromatic N) is 2. The topological polar surface area (TPSA) is 36.3 Å². The number of halogens is 1. The highest BCUT2D eigenvalue weighted by Gasteiger charge is 2.02. The Bertz CT molecular complexity index is 484. The summed E-state index contributed by atoms with van der Waals surface area (Å²) < 4.78 is 13.6. The molecule has 0 aliphatic carbocycles. The minimum absolute atomic E-state index is 0.632. The summed E-state index contributed by atoms with van der Waals surface area (Å²) in [6.07, 6.45) is 1.89. The molecule has 0 radical (unpaired) electrons. The summed E-state index contributed by atoms with van der Waals surface area (Å²) >= 11 is 2.31. The minimum Gasteiger partial charge on any atom is -0.382 e. The molecule has 0 N–H and O–H groups in total. The van der Waals surface area contributed by atoms with Crippen molar-refractivity contribution in [3.8, 4) is 0 Å². The van der Waals surface area contributed by atoms with Crippen molar-refractivity contribution in [2.75, 3.05) is 26.9 Å². The van der Waals surface area contributed by atoms with Crippen molar-refractivity contribution < 1.29 is 9.47 Å². The number of aromatic nitrogens is 2. The first-order valence-corrected chi connectivity index (χ1v) is 6.57. The van der Waals surface area contributed by atoms with E-state index >= 15 is 0 Å². The van der Waals surface area contributed by atoms with Crippen LogP contribution in [0.2, 0.25) is 0 Å². The number of rotatable bonds is 6. The van der Waals surface area contributed by atoms with Gasteiger partial charge < -0.3 is 9.47 Å². The van der Waals surface area contributed by atoms with Crippen molar-refractivity contribution in [2.45, 2.75) is 6.54 Å². The summed E-state index contributed by atoms with van der Waals surface area (Å²) in [4.78, 5) is 0. The lowest BCUT2D eigenvalue weighted by molar-refractivity contribution is 0.0658. The second-order valence-electron chi connectivity index (χ2n) is 3.68. The Balaban J connectivity index is 1.96. The molecule has 5 heteroatoms. The Morgan fingerprint density at radius 2 is 2.18 bits per heavy atom. The molecule has 0 bridgehead atoms. The van der Waals surface area contributed by atoms with Gasteiger partial charge >= 0.3 is 0 Å². The Labute approximate surface area is 114 Å². The van der Waals surface area contributed by atoms with E-state index in [0.29, 0.717) is 19.8 Å². The first-order chi connectivity index (χ1) is 8.31. The van der Waals surface area contributed by atoms with Crippen LogP contribution in [0.4, 0.5) is 0 Å². The van der Waals surface area contributed by atoms with E-state index in [4.69, 9.17) is 9.47 Å². The van der Waals surface area contributed by atoms with Gasteiger partial charge in [-0.3, -0.25) is 4.68 Å². The fourth-order valence-corrected chi connectivity index (χ4v) is 2.09. The Morgan fingerprint density at radius 3 is 3.00 bits per heavy atom. The zero-order valence-electron chi connectivity index (χ0n) is 9.73. The molecule has 0 spiro atoms. The number of hydrogen-bond donors (Lipinski definition) is 0. The minimum atomic E-state index is 0.632.